The van der Waals surface area contributed by atoms with Crippen LogP contribution in [0.5, 0.6) is 0 Å². The fraction of sp³-hybridized carbons (Fsp3) is 0.395. The van der Waals surface area contributed by atoms with Crippen LogP contribution in [0.1, 0.15) is 38.4 Å². The maximum atomic E-state index is 13.5. The molecule has 0 aliphatic carbocycles. The van der Waals surface area contributed by atoms with E-state index in [0.717, 1.165) is 34.4 Å². The molecule has 2 aromatic heterocycles. The number of alkyl halides is 2. The van der Waals surface area contributed by atoms with Crippen molar-refractivity contribution in [2.75, 3.05) is 57.7 Å². The Bertz CT molecular complexity index is 1790. The van der Waals surface area contributed by atoms with Crippen LogP contribution in [0.25, 0.3) is 22.2 Å². The highest BCUT2D eigenvalue weighted by molar-refractivity contribution is 5.98. The van der Waals surface area contributed by atoms with Gasteiger partial charge < -0.3 is 19.9 Å². The molecule has 14 heteroatoms. The van der Waals surface area contributed by atoms with Gasteiger partial charge in [-0.05, 0) is 80.4 Å². The monoisotopic (exact) mass is 718 g/mol. The molecule has 0 bridgehead atoms. The molecular formula is C38H45F3N8O3. The van der Waals surface area contributed by atoms with Crippen molar-refractivity contribution in [3.63, 3.8) is 0 Å². The summed E-state index contributed by atoms with van der Waals surface area (Å²) in [7, 11) is 0. The summed E-state index contributed by atoms with van der Waals surface area (Å²) in [6, 6.07) is 13.2. The first kappa shape index (κ1) is 38.2. The molecule has 2 aromatic carbocycles. The summed E-state index contributed by atoms with van der Waals surface area (Å²) in [5, 5.41) is 11.0. The van der Waals surface area contributed by atoms with E-state index < -0.39 is 6.61 Å². The van der Waals surface area contributed by atoms with Gasteiger partial charge in [-0.2, -0.15) is 13.9 Å². The molecule has 52 heavy (non-hydrogen) atoms. The van der Waals surface area contributed by atoms with Gasteiger partial charge in [-0.3, -0.25) is 19.6 Å². The van der Waals surface area contributed by atoms with Crippen LogP contribution in [-0.4, -0.2) is 106 Å². The number of piperazine rings is 1. The molecule has 4 aromatic rings. The first-order chi connectivity index (χ1) is 25.3. The SMILES string of the molecule is CC/C=C(\C=C/Cc1ncccn1)N1CCN(C(=O)CN(CCCCOC(F)F)CCC(=O)Nc2ccc3[nH]nc(-c4ccc(F)cc4)c3c2)CC1. The summed E-state index contributed by atoms with van der Waals surface area (Å²) in [5.41, 5.74) is 3.82. The Labute approximate surface area is 301 Å². The van der Waals surface area contributed by atoms with Gasteiger partial charge in [0.1, 0.15) is 11.6 Å². The number of hydrogen-bond acceptors (Lipinski definition) is 8. The van der Waals surface area contributed by atoms with Gasteiger partial charge in [0.2, 0.25) is 11.8 Å². The van der Waals surface area contributed by atoms with E-state index in [0.29, 0.717) is 69.9 Å². The number of H-pyrrole nitrogens is 1. The minimum atomic E-state index is -2.82. The number of hydrogen-bond donors (Lipinski definition) is 2. The van der Waals surface area contributed by atoms with E-state index >= 15 is 0 Å². The van der Waals surface area contributed by atoms with Crippen molar-refractivity contribution in [1.29, 1.82) is 0 Å². The zero-order valence-corrected chi connectivity index (χ0v) is 29.3. The molecule has 2 amide bonds. The third-order valence-corrected chi connectivity index (χ3v) is 8.71. The molecule has 0 radical (unpaired) electrons. The molecule has 11 nitrogen and oxygen atoms in total. The third-order valence-electron chi connectivity index (χ3n) is 8.71. The van der Waals surface area contributed by atoms with Crippen molar-refractivity contribution in [2.45, 2.75) is 45.6 Å². The standard InChI is InChI=1S/C38H45F3N8O3/c1-2-7-31(8-5-9-34-42-17-6-18-43-34)48-21-23-49(24-22-48)36(51)27-47(19-3-4-25-52-38(40)41)20-16-35(50)44-30-14-15-33-32(26-30)37(46-45-33)28-10-12-29(39)13-11-28/h5-8,10-15,17-18,26,38H,2-4,9,16,19-25,27H2,1H3,(H,44,50)(H,45,46)/b8-5-,31-7+. The van der Waals surface area contributed by atoms with Crippen LogP contribution in [0.2, 0.25) is 0 Å². The lowest BCUT2D eigenvalue weighted by Gasteiger charge is -2.37. The smallest absolute Gasteiger partial charge is 0.345 e. The lowest BCUT2D eigenvalue weighted by Crippen LogP contribution is -2.51. The molecule has 0 saturated carbocycles. The van der Waals surface area contributed by atoms with E-state index in [1.165, 1.54) is 12.1 Å². The molecule has 0 spiro atoms. The van der Waals surface area contributed by atoms with Crippen molar-refractivity contribution in [2.24, 2.45) is 0 Å². The Kier molecular flexibility index (Phi) is 14.3. The van der Waals surface area contributed by atoms with Gasteiger partial charge in [0.05, 0.1) is 24.4 Å². The highest BCUT2D eigenvalue weighted by Crippen LogP contribution is 2.28. The normalized spacial score (nSPS) is 13.9. The number of aromatic nitrogens is 4. The highest BCUT2D eigenvalue weighted by atomic mass is 19.3. The number of nitrogens with one attached hydrogen (secondary N) is 2. The van der Waals surface area contributed by atoms with Gasteiger partial charge in [-0.1, -0.05) is 19.1 Å². The molecule has 0 unspecified atom stereocenters. The summed E-state index contributed by atoms with van der Waals surface area (Å²) in [6.45, 7) is 2.53. The van der Waals surface area contributed by atoms with Gasteiger partial charge in [-0.15, -0.1) is 0 Å². The topological polar surface area (TPSA) is 120 Å². The minimum absolute atomic E-state index is 0.0413. The molecule has 276 valence electrons. The molecule has 1 saturated heterocycles. The second-order valence-electron chi connectivity index (χ2n) is 12.4. The molecule has 0 atom stereocenters. The largest absolute Gasteiger partial charge is 0.368 e. The zero-order chi connectivity index (χ0) is 36.7. The van der Waals surface area contributed by atoms with Crippen LogP contribution in [0, 0.1) is 5.82 Å². The van der Waals surface area contributed by atoms with E-state index in [2.05, 4.69) is 60.3 Å². The number of fused-ring (bicyclic) bond motifs is 1. The van der Waals surface area contributed by atoms with Gasteiger partial charge in [0.15, 0.2) is 0 Å². The van der Waals surface area contributed by atoms with Gasteiger partial charge in [-0.25, -0.2) is 14.4 Å². The third kappa shape index (κ3) is 11.5. The van der Waals surface area contributed by atoms with E-state index in [1.807, 2.05) is 21.9 Å². The first-order valence-corrected chi connectivity index (χ1v) is 17.6. The maximum absolute atomic E-state index is 13.5. The summed E-state index contributed by atoms with van der Waals surface area (Å²) in [4.78, 5) is 41.1. The fourth-order valence-corrected chi connectivity index (χ4v) is 6.02. The second kappa shape index (κ2) is 19.5. The quantitative estimate of drug-likeness (QED) is 0.0944. The molecule has 1 aliphatic heterocycles. The van der Waals surface area contributed by atoms with E-state index in [1.54, 1.807) is 36.7 Å². The summed E-state index contributed by atoms with van der Waals surface area (Å²) >= 11 is 0. The summed E-state index contributed by atoms with van der Waals surface area (Å²) < 4.78 is 42.8. The van der Waals surface area contributed by atoms with Crippen LogP contribution in [0.15, 0.2) is 84.8 Å². The number of ether oxygens (including phenoxy) is 1. The second-order valence-corrected chi connectivity index (χ2v) is 12.4. The van der Waals surface area contributed by atoms with E-state index in [-0.39, 0.29) is 37.2 Å². The number of aromatic amines is 1. The number of halogens is 3. The predicted molar refractivity (Wildman–Crippen MR) is 194 cm³/mol. The van der Waals surface area contributed by atoms with Crippen LogP contribution < -0.4 is 5.32 Å². The number of nitrogens with zero attached hydrogens (tertiary/aromatic N) is 6. The van der Waals surface area contributed by atoms with Crippen molar-refractivity contribution in [3.8, 4) is 11.3 Å². The maximum Gasteiger partial charge on any atom is 0.345 e. The van der Waals surface area contributed by atoms with Crippen molar-refractivity contribution in [3.05, 3.63) is 96.5 Å². The van der Waals surface area contributed by atoms with Gasteiger partial charge in [0.25, 0.3) is 0 Å². The number of anilines is 1. The first-order valence-electron chi connectivity index (χ1n) is 17.6. The predicted octanol–water partition coefficient (Wildman–Crippen LogP) is 6.05. The number of amides is 2. The Hall–Kier alpha value is -5.08. The Morgan fingerprint density at radius 2 is 1.77 bits per heavy atom. The van der Waals surface area contributed by atoms with Crippen molar-refractivity contribution < 1.29 is 27.5 Å². The van der Waals surface area contributed by atoms with Gasteiger partial charge >= 0.3 is 6.61 Å². The molecular weight excluding hydrogens is 673 g/mol. The zero-order valence-electron chi connectivity index (χ0n) is 29.3. The molecule has 3 heterocycles. The Morgan fingerprint density at radius 3 is 2.50 bits per heavy atom. The fourth-order valence-electron chi connectivity index (χ4n) is 6.02. The van der Waals surface area contributed by atoms with Crippen LogP contribution in [0.4, 0.5) is 18.9 Å². The summed E-state index contributed by atoms with van der Waals surface area (Å²) in [6.07, 6.45) is 12.3. The number of unbranched alkanes of at least 4 members (excludes halogenated alkanes) is 1. The Morgan fingerprint density at radius 1 is 1.02 bits per heavy atom. The van der Waals surface area contributed by atoms with Crippen LogP contribution >= 0.6 is 0 Å². The van der Waals surface area contributed by atoms with Crippen molar-refractivity contribution in [1.82, 2.24) is 34.9 Å². The average molecular weight is 719 g/mol. The number of carbonyl (C=O) groups is 2. The lowest BCUT2D eigenvalue weighted by atomic mass is 10.1. The number of allylic oxidation sites excluding steroid dienone is 3. The minimum Gasteiger partial charge on any atom is -0.368 e. The number of carbonyl (C=O) groups excluding carboxylic acids is 2. The average Bonchev–Trinajstić information content (AvgIpc) is 3.57. The van der Waals surface area contributed by atoms with Crippen LogP contribution in [0.3, 0.4) is 0 Å². The van der Waals surface area contributed by atoms with Crippen molar-refractivity contribution >= 4 is 28.4 Å². The molecule has 2 N–H and O–H groups in total. The molecule has 1 aliphatic rings. The number of rotatable bonds is 18. The lowest BCUT2D eigenvalue weighted by molar-refractivity contribution is -0.134. The number of benzene rings is 2. The Balaban J connectivity index is 1.15. The van der Waals surface area contributed by atoms with Gasteiger partial charge in [0, 0.05) is 80.3 Å². The molecule has 1 fully saturated rings. The van der Waals surface area contributed by atoms with E-state index in [4.69, 9.17) is 0 Å². The van der Waals surface area contributed by atoms with E-state index in [9.17, 15) is 22.8 Å². The highest BCUT2D eigenvalue weighted by Gasteiger charge is 2.24. The summed E-state index contributed by atoms with van der Waals surface area (Å²) in [5.74, 6) is 0.131. The van der Waals surface area contributed by atoms with Crippen LogP contribution in [-0.2, 0) is 20.7 Å². The molecule has 5 rings (SSSR count).